The second-order valence-corrected chi connectivity index (χ2v) is 7.42. The molecule has 18 heavy (non-hydrogen) atoms. The lowest BCUT2D eigenvalue weighted by Gasteiger charge is -2.23. The molecule has 1 heterocycles. The van der Waals surface area contributed by atoms with Crippen molar-refractivity contribution in [3.05, 3.63) is 34.3 Å². The fourth-order valence-corrected chi connectivity index (χ4v) is 3.67. The molecule has 0 aromatic heterocycles. The predicted molar refractivity (Wildman–Crippen MR) is 75.8 cm³/mol. The van der Waals surface area contributed by atoms with Crippen molar-refractivity contribution in [3.63, 3.8) is 0 Å². The van der Waals surface area contributed by atoms with Crippen LogP contribution in [0.15, 0.2) is 28.7 Å². The maximum absolute atomic E-state index is 12.1. The third-order valence-corrected chi connectivity index (χ3v) is 5.44. The quantitative estimate of drug-likeness (QED) is 0.880. The van der Waals surface area contributed by atoms with E-state index in [-0.39, 0.29) is 5.25 Å². The standard InChI is InChI=1S/C12H17BrN2O2S/c13-11-5-3-10(4-6-11)8-15-18(16,17)12-2-1-7-14-9-12/h3-6,12,14-15H,1-2,7-9H2. The number of halogens is 1. The molecular weight excluding hydrogens is 316 g/mol. The normalized spacial score (nSPS) is 20.8. The summed E-state index contributed by atoms with van der Waals surface area (Å²) in [4.78, 5) is 0. The van der Waals surface area contributed by atoms with Crippen molar-refractivity contribution in [2.24, 2.45) is 0 Å². The zero-order chi connectivity index (χ0) is 13.0. The first-order chi connectivity index (χ1) is 8.58. The number of rotatable bonds is 4. The summed E-state index contributed by atoms with van der Waals surface area (Å²) in [7, 11) is -3.22. The van der Waals surface area contributed by atoms with E-state index in [2.05, 4.69) is 26.0 Å². The van der Waals surface area contributed by atoms with E-state index in [9.17, 15) is 8.42 Å². The molecule has 1 atom stereocenters. The van der Waals surface area contributed by atoms with Gasteiger partial charge in [0.1, 0.15) is 0 Å². The number of hydrogen-bond acceptors (Lipinski definition) is 3. The van der Waals surface area contributed by atoms with Crippen LogP contribution in [-0.2, 0) is 16.6 Å². The molecule has 1 aromatic rings. The Balaban J connectivity index is 1.94. The van der Waals surface area contributed by atoms with Gasteiger partial charge in [0.05, 0.1) is 5.25 Å². The summed E-state index contributed by atoms with van der Waals surface area (Å²) in [5.74, 6) is 0. The van der Waals surface area contributed by atoms with Crippen LogP contribution in [-0.4, -0.2) is 26.8 Å². The molecule has 2 rings (SSSR count). The van der Waals surface area contributed by atoms with Crippen molar-refractivity contribution >= 4 is 26.0 Å². The van der Waals surface area contributed by atoms with Gasteiger partial charge in [0.15, 0.2) is 0 Å². The van der Waals surface area contributed by atoms with E-state index in [1.807, 2.05) is 24.3 Å². The van der Waals surface area contributed by atoms with Gasteiger partial charge in [0.2, 0.25) is 10.0 Å². The molecule has 0 aliphatic carbocycles. The maximum Gasteiger partial charge on any atom is 0.216 e. The zero-order valence-electron chi connectivity index (χ0n) is 10.0. The number of nitrogens with one attached hydrogen (secondary N) is 2. The van der Waals surface area contributed by atoms with Gasteiger partial charge in [-0.25, -0.2) is 13.1 Å². The van der Waals surface area contributed by atoms with Crippen LogP contribution in [0.4, 0.5) is 0 Å². The van der Waals surface area contributed by atoms with Gasteiger partial charge in [0.25, 0.3) is 0 Å². The van der Waals surface area contributed by atoms with Crippen LogP contribution < -0.4 is 10.0 Å². The molecule has 4 nitrogen and oxygen atoms in total. The highest BCUT2D eigenvalue weighted by Crippen LogP contribution is 2.13. The van der Waals surface area contributed by atoms with Crippen molar-refractivity contribution in [2.45, 2.75) is 24.6 Å². The molecule has 1 aromatic carbocycles. The zero-order valence-corrected chi connectivity index (χ0v) is 12.4. The van der Waals surface area contributed by atoms with Crippen LogP contribution in [0.1, 0.15) is 18.4 Å². The van der Waals surface area contributed by atoms with E-state index in [0.29, 0.717) is 13.1 Å². The van der Waals surface area contributed by atoms with Gasteiger partial charge >= 0.3 is 0 Å². The van der Waals surface area contributed by atoms with Gasteiger partial charge in [-0.1, -0.05) is 28.1 Å². The van der Waals surface area contributed by atoms with Crippen LogP contribution in [0.5, 0.6) is 0 Å². The molecule has 1 aliphatic heterocycles. The van der Waals surface area contributed by atoms with E-state index in [1.54, 1.807) is 0 Å². The second-order valence-electron chi connectivity index (χ2n) is 4.46. The third-order valence-electron chi connectivity index (χ3n) is 3.08. The average Bonchev–Trinajstić information content (AvgIpc) is 2.39. The first-order valence-corrected chi connectivity index (χ1v) is 8.35. The molecule has 0 bridgehead atoms. The molecule has 1 unspecified atom stereocenters. The van der Waals surface area contributed by atoms with Crippen molar-refractivity contribution in [2.75, 3.05) is 13.1 Å². The molecule has 0 radical (unpaired) electrons. The summed E-state index contributed by atoms with van der Waals surface area (Å²) in [5.41, 5.74) is 0.963. The Kier molecular flexibility index (Phi) is 4.77. The molecule has 6 heteroatoms. The first-order valence-electron chi connectivity index (χ1n) is 6.01. The smallest absolute Gasteiger partial charge is 0.216 e. The molecule has 0 spiro atoms. The molecule has 0 amide bonds. The maximum atomic E-state index is 12.1. The lowest BCUT2D eigenvalue weighted by atomic mass is 10.2. The molecule has 1 aliphatic rings. The van der Waals surface area contributed by atoms with Gasteiger partial charge < -0.3 is 5.32 Å². The van der Waals surface area contributed by atoms with Crippen LogP contribution in [0.2, 0.25) is 0 Å². The van der Waals surface area contributed by atoms with E-state index in [0.717, 1.165) is 29.4 Å². The molecule has 1 saturated heterocycles. The van der Waals surface area contributed by atoms with Gasteiger partial charge in [-0.2, -0.15) is 0 Å². The van der Waals surface area contributed by atoms with Crippen molar-refractivity contribution in [3.8, 4) is 0 Å². The third kappa shape index (κ3) is 3.78. The van der Waals surface area contributed by atoms with Crippen LogP contribution in [0.25, 0.3) is 0 Å². The molecule has 0 saturated carbocycles. The Morgan fingerprint density at radius 3 is 2.67 bits per heavy atom. The van der Waals surface area contributed by atoms with E-state index < -0.39 is 10.0 Å². The Morgan fingerprint density at radius 2 is 2.06 bits per heavy atom. The highest BCUT2D eigenvalue weighted by atomic mass is 79.9. The fourth-order valence-electron chi connectivity index (χ4n) is 1.99. The Hall–Kier alpha value is -0.430. The summed E-state index contributed by atoms with van der Waals surface area (Å²) in [5, 5.41) is 2.82. The molecule has 2 N–H and O–H groups in total. The van der Waals surface area contributed by atoms with Crippen LogP contribution in [0.3, 0.4) is 0 Å². The lowest BCUT2D eigenvalue weighted by Crippen LogP contribution is -2.44. The minimum Gasteiger partial charge on any atom is -0.315 e. The van der Waals surface area contributed by atoms with Crippen LogP contribution >= 0.6 is 15.9 Å². The molecule has 100 valence electrons. The van der Waals surface area contributed by atoms with E-state index in [1.165, 1.54) is 0 Å². The number of piperidine rings is 1. The highest BCUT2D eigenvalue weighted by Gasteiger charge is 2.26. The van der Waals surface area contributed by atoms with E-state index >= 15 is 0 Å². The number of hydrogen-bond donors (Lipinski definition) is 2. The fraction of sp³-hybridized carbons (Fsp3) is 0.500. The van der Waals surface area contributed by atoms with Crippen molar-refractivity contribution in [1.82, 2.24) is 10.0 Å². The Labute approximate surface area is 116 Å². The highest BCUT2D eigenvalue weighted by molar-refractivity contribution is 9.10. The summed E-state index contributed by atoms with van der Waals surface area (Å²) < 4.78 is 27.8. The molecular formula is C12H17BrN2O2S. The van der Waals surface area contributed by atoms with Gasteiger partial charge in [-0.3, -0.25) is 0 Å². The van der Waals surface area contributed by atoms with Crippen molar-refractivity contribution in [1.29, 1.82) is 0 Å². The predicted octanol–water partition coefficient (Wildman–Crippen LogP) is 1.62. The summed E-state index contributed by atoms with van der Waals surface area (Å²) in [6.07, 6.45) is 1.66. The monoisotopic (exact) mass is 332 g/mol. The average molecular weight is 333 g/mol. The van der Waals surface area contributed by atoms with Crippen molar-refractivity contribution < 1.29 is 8.42 Å². The topological polar surface area (TPSA) is 58.2 Å². The lowest BCUT2D eigenvalue weighted by molar-refractivity contribution is 0.490. The second kappa shape index (κ2) is 6.14. The van der Waals surface area contributed by atoms with Gasteiger partial charge in [-0.15, -0.1) is 0 Å². The SMILES string of the molecule is O=S(=O)(NCc1ccc(Br)cc1)C1CCCNC1. The number of benzene rings is 1. The minimum absolute atomic E-state index is 0.304. The Morgan fingerprint density at radius 1 is 1.33 bits per heavy atom. The van der Waals surface area contributed by atoms with Crippen LogP contribution in [0, 0.1) is 0 Å². The summed E-state index contributed by atoms with van der Waals surface area (Å²) in [6.45, 7) is 1.82. The minimum atomic E-state index is -3.22. The largest absolute Gasteiger partial charge is 0.315 e. The van der Waals surface area contributed by atoms with Gasteiger partial charge in [0, 0.05) is 17.6 Å². The summed E-state index contributed by atoms with van der Waals surface area (Å²) >= 11 is 3.35. The first kappa shape index (κ1) is 14.0. The molecule has 1 fully saturated rings. The number of sulfonamides is 1. The Bertz CT molecular complexity index is 481. The van der Waals surface area contributed by atoms with Gasteiger partial charge in [-0.05, 0) is 37.1 Å². The summed E-state index contributed by atoms with van der Waals surface area (Å²) in [6, 6.07) is 7.63. The van der Waals surface area contributed by atoms with E-state index in [4.69, 9.17) is 0 Å².